The summed E-state index contributed by atoms with van der Waals surface area (Å²) in [5.74, 6) is -0.197. The minimum atomic E-state index is -0.197. The molecule has 1 aromatic rings. The average molecular weight is 264 g/mol. The van der Waals surface area contributed by atoms with E-state index in [4.69, 9.17) is 10.5 Å². The van der Waals surface area contributed by atoms with Gasteiger partial charge in [-0.25, -0.2) is 0 Å². The lowest BCUT2D eigenvalue weighted by Crippen LogP contribution is -2.49. The topological polar surface area (TPSA) is 89.3 Å². The van der Waals surface area contributed by atoms with Gasteiger partial charge in [-0.05, 0) is 25.0 Å². The molecule has 0 saturated carbocycles. The fourth-order valence-corrected chi connectivity index (χ4v) is 2.21. The fraction of sp³-hybridized carbons (Fsp3) is 0.538. The van der Waals surface area contributed by atoms with Crippen LogP contribution in [-0.4, -0.2) is 43.2 Å². The SMILES string of the molecule is CNC(=O)c1cc(NC2(CN)CCOCC2)ccn1. The molecule has 1 aromatic heterocycles. The lowest BCUT2D eigenvalue weighted by molar-refractivity contribution is 0.0628. The Kier molecular flexibility index (Phi) is 4.34. The Labute approximate surface area is 112 Å². The highest BCUT2D eigenvalue weighted by Gasteiger charge is 2.31. The molecule has 2 rings (SSSR count). The quantitative estimate of drug-likeness (QED) is 0.730. The molecule has 6 heteroatoms. The molecule has 1 amide bonds. The van der Waals surface area contributed by atoms with Crippen molar-refractivity contribution in [2.75, 3.05) is 32.1 Å². The van der Waals surface area contributed by atoms with Gasteiger partial charge in [0.1, 0.15) is 5.69 Å². The monoisotopic (exact) mass is 264 g/mol. The Bertz CT molecular complexity index is 444. The van der Waals surface area contributed by atoms with Gasteiger partial charge in [-0.3, -0.25) is 9.78 Å². The number of hydrogen-bond donors (Lipinski definition) is 3. The van der Waals surface area contributed by atoms with Crippen LogP contribution in [0.4, 0.5) is 5.69 Å². The molecule has 1 fully saturated rings. The highest BCUT2D eigenvalue weighted by Crippen LogP contribution is 2.25. The number of nitrogens with two attached hydrogens (primary N) is 1. The van der Waals surface area contributed by atoms with E-state index in [0.29, 0.717) is 25.5 Å². The smallest absolute Gasteiger partial charge is 0.269 e. The van der Waals surface area contributed by atoms with Crippen LogP contribution in [-0.2, 0) is 4.74 Å². The van der Waals surface area contributed by atoms with Crippen molar-refractivity contribution in [2.45, 2.75) is 18.4 Å². The zero-order chi connectivity index (χ0) is 13.7. The van der Waals surface area contributed by atoms with Crippen molar-refractivity contribution in [3.63, 3.8) is 0 Å². The van der Waals surface area contributed by atoms with Crippen LogP contribution < -0.4 is 16.4 Å². The number of carbonyl (C=O) groups is 1. The Hall–Kier alpha value is -1.66. The maximum Gasteiger partial charge on any atom is 0.269 e. The molecular formula is C13H20N4O2. The number of anilines is 1. The Morgan fingerprint density at radius 2 is 2.26 bits per heavy atom. The second kappa shape index (κ2) is 5.99. The minimum absolute atomic E-state index is 0.153. The van der Waals surface area contributed by atoms with Gasteiger partial charge in [-0.15, -0.1) is 0 Å². The summed E-state index contributed by atoms with van der Waals surface area (Å²) >= 11 is 0. The van der Waals surface area contributed by atoms with Crippen molar-refractivity contribution in [3.05, 3.63) is 24.0 Å². The molecule has 1 aliphatic heterocycles. The van der Waals surface area contributed by atoms with Gasteiger partial charge in [-0.1, -0.05) is 0 Å². The molecule has 0 spiro atoms. The third kappa shape index (κ3) is 3.21. The van der Waals surface area contributed by atoms with Crippen molar-refractivity contribution < 1.29 is 9.53 Å². The van der Waals surface area contributed by atoms with Crippen LogP contribution >= 0.6 is 0 Å². The number of aromatic nitrogens is 1. The summed E-state index contributed by atoms with van der Waals surface area (Å²) in [6.07, 6.45) is 3.35. The van der Waals surface area contributed by atoms with Gasteiger partial charge in [-0.2, -0.15) is 0 Å². The number of carbonyl (C=O) groups excluding carboxylic acids is 1. The second-order valence-corrected chi connectivity index (χ2v) is 4.73. The first-order valence-electron chi connectivity index (χ1n) is 6.43. The van der Waals surface area contributed by atoms with Crippen LogP contribution in [0.1, 0.15) is 23.3 Å². The molecule has 2 heterocycles. The van der Waals surface area contributed by atoms with E-state index in [0.717, 1.165) is 18.5 Å². The number of rotatable bonds is 4. The van der Waals surface area contributed by atoms with Crippen LogP contribution in [0.15, 0.2) is 18.3 Å². The molecule has 0 aromatic carbocycles. The van der Waals surface area contributed by atoms with E-state index >= 15 is 0 Å². The molecule has 6 nitrogen and oxygen atoms in total. The third-order valence-electron chi connectivity index (χ3n) is 3.47. The maximum atomic E-state index is 11.6. The number of nitrogens with one attached hydrogen (secondary N) is 2. The van der Waals surface area contributed by atoms with E-state index in [1.807, 2.05) is 6.07 Å². The van der Waals surface area contributed by atoms with Crippen molar-refractivity contribution >= 4 is 11.6 Å². The van der Waals surface area contributed by atoms with Gasteiger partial charge in [0, 0.05) is 38.7 Å². The zero-order valence-corrected chi connectivity index (χ0v) is 11.1. The lowest BCUT2D eigenvalue weighted by Gasteiger charge is -2.37. The fourth-order valence-electron chi connectivity index (χ4n) is 2.21. The number of nitrogens with zero attached hydrogens (tertiary/aromatic N) is 1. The molecule has 0 bridgehead atoms. The van der Waals surface area contributed by atoms with Crippen molar-refractivity contribution in [1.29, 1.82) is 0 Å². The predicted octanol–water partition coefficient (Wildman–Crippen LogP) is 0.361. The molecule has 19 heavy (non-hydrogen) atoms. The summed E-state index contributed by atoms with van der Waals surface area (Å²) in [7, 11) is 1.59. The first kappa shape index (κ1) is 13.8. The van der Waals surface area contributed by atoms with Gasteiger partial charge < -0.3 is 21.1 Å². The summed E-state index contributed by atoms with van der Waals surface area (Å²) in [5.41, 5.74) is 7.00. The Morgan fingerprint density at radius 3 is 2.89 bits per heavy atom. The highest BCUT2D eigenvalue weighted by molar-refractivity contribution is 5.92. The van der Waals surface area contributed by atoms with Gasteiger partial charge in [0.2, 0.25) is 0 Å². The van der Waals surface area contributed by atoms with Crippen LogP contribution in [0.5, 0.6) is 0 Å². The molecular weight excluding hydrogens is 244 g/mol. The Balaban J connectivity index is 2.15. The maximum absolute atomic E-state index is 11.6. The van der Waals surface area contributed by atoms with Crippen molar-refractivity contribution in [2.24, 2.45) is 5.73 Å². The molecule has 4 N–H and O–H groups in total. The summed E-state index contributed by atoms with van der Waals surface area (Å²) in [6.45, 7) is 1.95. The molecule has 0 radical (unpaired) electrons. The van der Waals surface area contributed by atoms with Crippen LogP contribution in [0, 0.1) is 0 Å². The second-order valence-electron chi connectivity index (χ2n) is 4.73. The largest absolute Gasteiger partial charge is 0.381 e. The molecule has 0 atom stereocenters. The molecule has 0 aliphatic carbocycles. The van der Waals surface area contributed by atoms with Gasteiger partial charge >= 0.3 is 0 Å². The standard InChI is InChI=1S/C13H20N4O2/c1-15-12(18)11-8-10(2-5-16-11)17-13(9-14)3-6-19-7-4-13/h2,5,8H,3-4,6-7,9,14H2,1H3,(H,15,18)(H,16,17). The highest BCUT2D eigenvalue weighted by atomic mass is 16.5. The van der Waals surface area contributed by atoms with E-state index < -0.39 is 0 Å². The normalized spacial score (nSPS) is 17.8. The number of pyridine rings is 1. The Morgan fingerprint density at radius 1 is 1.53 bits per heavy atom. The van der Waals surface area contributed by atoms with Crippen LogP contribution in [0.3, 0.4) is 0 Å². The summed E-state index contributed by atoms with van der Waals surface area (Å²) in [5, 5.41) is 6.00. The predicted molar refractivity (Wildman–Crippen MR) is 73.1 cm³/mol. The first-order chi connectivity index (χ1) is 9.19. The summed E-state index contributed by atoms with van der Waals surface area (Å²) in [4.78, 5) is 15.6. The van der Waals surface area contributed by atoms with E-state index in [1.165, 1.54) is 0 Å². The zero-order valence-electron chi connectivity index (χ0n) is 11.1. The lowest BCUT2D eigenvalue weighted by atomic mass is 9.90. The molecule has 1 saturated heterocycles. The van der Waals surface area contributed by atoms with E-state index in [-0.39, 0.29) is 11.4 Å². The van der Waals surface area contributed by atoms with Crippen molar-refractivity contribution in [3.8, 4) is 0 Å². The minimum Gasteiger partial charge on any atom is -0.381 e. The average Bonchev–Trinajstić information content (AvgIpc) is 2.47. The van der Waals surface area contributed by atoms with Crippen LogP contribution in [0.2, 0.25) is 0 Å². The number of ether oxygens (including phenoxy) is 1. The number of amides is 1. The van der Waals surface area contributed by atoms with Crippen LogP contribution in [0.25, 0.3) is 0 Å². The van der Waals surface area contributed by atoms with Gasteiger partial charge in [0.25, 0.3) is 5.91 Å². The van der Waals surface area contributed by atoms with E-state index in [9.17, 15) is 4.79 Å². The molecule has 0 unspecified atom stereocenters. The number of hydrogen-bond acceptors (Lipinski definition) is 5. The first-order valence-corrected chi connectivity index (χ1v) is 6.43. The third-order valence-corrected chi connectivity index (χ3v) is 3.47. The molecule has 1 aliphatic rings. The van der Waals surface area contributed by atoms with E-state index in [1.54, 1.807) is 19.3 Å². The van der Waals surface area contributed by atoms with E-state index in [2.05, 4.69) is 15.6 Å². The van der Waals surface area contributed by atoms with Gasteiger partial charge in [0.05, 0.1) is 5.54 Å². The van der Waals surface area contributed by atoms with Crippen molar-refractivity contribution in [1.82, 2.24) is 10.3 Å². The van der Waals surface area contributed by atoms with Gasteiger partial charge in [0.15, 0.2) is 0 Å². The summed E-state index contributed by atoms with van der Waals surface area (Å²) in [6, 6.07) is 3.59. The molecule has 104 valence electrons. The summed E-state index contributed by atoms with van der Waals surface area (Å²) < 4.78 is 5.37.